The zero-order valence-electron chi connectivity index (χ0n) is 20.9. The highest BCUT2D eigenvalue weighted by atomic mass is 32.2. The van der Waals surface area contributed by atoms with Gasteiger partial charge in [-0.1, -0.05) is 26.0 Å². The molecular weight excluding hydrogens is 498 g/mol. The molecule has 0 saturated carbocycles. The third kappa shape index (κ3) is 5.99. The number of Topliss-reactive ketones (excluding diaryl/α,β-unsaturated/α-hetero) is 1. The van der Waals surface area contributed by atoms with E-state index in [2.05, 4.69) is 19.2 Å². The molecule has 2 heterocycles. The van der Waals surface area contributed by atoms with Crippen LogP contribution in [0.4, 0.5) is 5.69 Å². The van der Waals surface area contributed by atoms with Gasteiger partial charge >= 0.3 is 0 Å². The monoisotopic (exact) mass is 533 g/mol. The van der Waals surface area contributed by atoms with Crippen LogP contribution >= 0.6 is 0 Å². The number of anilines is 1. The van der Waals surface area contributed by atoms with Gasteiger partial charge in [-0.25, -0.2) is 16.8 Å². The Balaban J connectivity index is 1.38. The third-order valence-electron chi connectivity index (χ3n) is 7.22. The molecule has 0 aliphatic carbocycles. The number of hydrogen-bond acceptors (Lipinski definition) is 6. The highest BCUT2D eigenvalue weighted by Crippen LogP contribution is 2.26. The van der Waals surface area contributed by atoms with Crippen molar-refractivity contribution in [3.63, 3.8) is 0 Å². The van der Waals surface area contributed by atoms with Gasteiger partial charge in [-0.3, -0.25) is 4.79 Å². The molecule has 36 heavy (non-hydrogen) atoms. The maximum Gasteiger partial charge on any atom is 0.243 e. The fourth-order valence-corrected chi connectivity index (χ4v) is 7.59. The van der Waals surface area contributed by atoms with Gasteiger partial charge in [0.1, 0.15) is 0 Å². The second-order valence-electron chi connectivity index (χ2n) is 10.0. The molecule has 0 spiro atoms. The van der Waals surface area contributed by atoms with Gasteiger partial charge in [-0.15, -0.1) is 0 Å². The van der Waals surface area contributed by atoms with Crippen molar-refractivity contribution in [2.24, 2.45) is 11.8 Å². The number of rotatable bonds is 8. The number of piperidine rings is 2. The number of hydrogen-bond donors (Lipinski definition) is 1. The molecule has 2 aromatic rings. The van der Waals surface area contributed by atoms with Crippen molar-refractivity contribution in [2.45, 2.75) is 49.3 Å². The van der Waals surface area contributed by atoms with E-state index in [9.17, 15) is 21.6 Å². The highest BCUT2D eigenvalue weighted by molar-refractivity contribution is 7.89. The quantitative estimate of drug-likeness (QED) is 0.518. The normalized spacial score (nSPS) is 19.3. The third-order valence-corrected chi connectivity index (χ3v) is 11.0. The average Bonchev–Trinajstić information content (AvgIpc) is 2.88. The molecule has 2 fully saturated rings. The molecule has 2 aliphatic rings. The van der Waals surface area contributed by atoms with Crippen LogP contribution in [0.15, 0.2) is 58.3 Å². The Kier molecular flexibility index (Phi) is 8.18. The molecule has 10 heteroatoms. The second-order valence-corrected chi connectivity index (χ2v) is 13.9. The number of nitrogens with one attached hydrogen (secondary N) is 1. The lowest BCUT2D eigenvalue weighted by Gasteiger charge is -2.29. The lowest BCUT2D eigenvalue weighted by Crippen LogP contribution is -2.37. The van der Waals surface area contributed by atoms with Crippen molar-refractivity contribution in [3.05, 3.63) is 54.1 Å². The first kappa shape index (κ1) is 26.8. The van der Waals surface area contributed by atoms with E-state index in [0.717, 1.165) is 25.7 Å². The van der Waals surface area contributed by atoms with Crippen LogP contribution in [0.25, 0.3) is 0 Å². The van der Waals surface area contributed by atoms with Crippen molar-refractivity contribution in [1.29, 1.82) is 0 Å². The van der Waals surface area contributed by atoms with Crippen LogP contribution in [0, 0.1) is 11.8 Å². The zero-order chi connectivity index (χ0) is 25.9. The van der Waals surface area contributed by atoms with E-state index in [4.69, 9.17) is 0 Å². The van der Waals surface area contributed by atoms with Crippen molar-refractivity contribution >= 4 is 31.5 Å². The summed E-state index contributed by atoms with van der Waals surface area (Å²) in [7, 11) is -7.17. The number of nitrogens with zero attached hydrogens (tertiary/aromatic N) is 2. The van der Waals surface area contributed by atoms with E-state index in [1.807, 2.05) is 0 Å². The Hall–Kier alpha value is -2.27. The molecule has 2 saturated heterocycles. The summed E-state index contributed by atoms with van der Waals surface area (Å²) in [6.45, 7) is 6.26. The molecule has 0 unspecified atom stereocenters. The van der Waals surface area contributed by atoms with E-state index < -0.39 is 20.0 Å². The summed E-state index contributed by atoms with van der Waals surface area (Å²) in [5, 5.41) is 3.02. The SMILES string of the molecule is CC1CCN(S(=O)(=O)c2ccc(NCC(=O)c3cccc(S(=O)(=O)N4CCC(C)CC4)c3)cc2)CC1. The molecule has 1 N–H and O–H groups in total. The van der Waals surface area contributed by atoms with Crippen molar-refractivity contribution in [2.75, 3.05) is 38.0 Å². The summed E-state index contributed by atoms with van der Waals surface area (Å²) in [6, 6.07) is 12.5. The van der Waals surface area contributed by atoms with Crippen LogP contribution < -0.4 is 5.32 Å². The summed E-state index contributed by atoms with van der Waals surface area (Å²) in [6.07, 6.45) is 3.39. The molecule has 4 rings (SSSR count). The van der Waals surface area contributed by atoms with Gasteiger partial charge in [0.2, 0.25) is 20.0 Å². The van der Waals surface area contributed by atoms with Crippen LogP contribution in [0.1, 0.15) is 49.9 Å². The van der Waals surface area contributed by atoms with E-state index >= 15 is 0 Å². The molecule has 0 bridgehead atoms. The minimum atomic E-state index is -3.64. The van der Waals surface area contributed by atoms with E-state index in [-0.39, 0.29) is 22.1 Å². The molecule has 0 atom stereocenters. The smallest absolute Gasteiger partial charge is 0.243 e. The largest absolute Gasteiger partial charge is 0.378 e. The minimum Gasteiger partial charge on any atom is -0.378 e. The van der Waals surface area contributed by atoms with Gasteiger partial charge < -0.3 is 5.32 Å². The number of carbonyl (C=O) groups excluding carboxylic acids is 1. The maximum atomic E-state index is 13.0. The Morgan fingerprint density at radius 3 is 1.81 bits per heavy atom. The second kappa shape index (κ2) is 11.0. The summed E-state index contributed by atoms with van der Waals surface area (Å²) < 4.78 is 54.9. The first-order chi connectivity index (χ1) is 17.1. The Labute approximate surface area is 214 Å². The Morgan fingerprint density at radius 2 is 1.28 bits per heavy atom. The summed E-state index contributed by atoms with van der Waals surface area (Å²) in [4.78, 5) is 13.2. The van der Waals surface area contributed by atoms with Crippen molar-refractivity contribution < 1.29 is 21.6 Å². The average molecular weight is 534 g/mol. The molecule has 2 aromatic carbocycles. The van der Waals surface area contributed by atoms with Crippen LogP contribution in [-0.2, 0) is 20.0 Å². The first-order valence-corrected chi connectivity index (χ1v) is 15.4. The van der Waals surface area contributed by atoms with Crippen molar-refractivity contribution in [1.82, 2.24) is 8.61 Å². The number of carbonyl (C=O) groups is 1. The minimum absolute atomic E-state index is 0.0408. The van der Waals surface area contributed by atoms with Gasteiger partial charge in [0.25, 0.3) is 0 Å². The van der Waals surface area contributed by atoms with Crippen LogP contribution in [-0.4, -0.2) is 64.0 Å². The molecule has 0 aromatic heterocycles. The van der Waals surface area contributed by atoms with Gasteiger partial charge in [-0.2, -0.15) is 8.61 Å². The Bertz CT molecular complexity index is 1280. The number of ketones is 1. The van der Waals surface area contributed by atoms with Crippen LogP contribution in [0.3, 0.4) is 0 Å². The predicted octanol–water partition coefficient (Wildman–Crippen LogP) is 3.82. The molecule has 0 radical (unpaired) electrons. The van der Waals surface area contributed by atoms with Crippen LogP contribution in [0.5, 0.6) is 0 Å². The maximum absolute atomic E-state index is 13.0. The molecule has 0 amide bonds. The van der Waals surface area contributed by atoms with E-state index in [1.165, 1.54) is 20.7 Å². The predicted molar refractivity (Wildman–Crippen MR) is 140 cm³/mol. The fourth-order valence-electron chi connectivity index (χ4n) is 4.61. The lowest BCUT2D eigenvalue weighted by atomic mass is 10.0. The molecule has 8 nitrogen and oxygen atoms in total. The lowest BCUT2D eigenvalue weighted by molar-refractivity contribution is 0.101. The molecule has 196 valence electrons. The van der Waals surface area contributed by atoms with E-state index in [0.29, 0.717) is 49.3 Å². The van der Waals surface area contributed by atoms with Gasteiger partial charge in [-0.05, 0) is 73.9 Å². The summed E-state index contributed by atoms with van der Waals surface area (Å²) in [5.74, 6) is 0.798. The van der Waals surface area contributed by atoms with Gasteiger partial charge in [0, 0.05) is 37.4 Å². The standard InChI is InChI=1S/C26H35N3O5S2/c1-20-10-14-28(15-11-20)35(31,32)24-8-6-23(7-9-24)27-19-26(30)22-4-3-5-25(18-22)36(33,34)29-16-12-21(2)13-17-29/h3-9,18,20-21,27H,10-17,19H2,1-2H3. The van der Waals surface area contributed by atoms with Gasteiger partial charge in [0.05, 0.1) is 16.3 Å². The number of benzene rings is 2. The topological polar surface area (TPSA) is 104 Å². The summed E-state index contributed by atoms with van der Waals surface area (Å²) in [5.41, 5.74) is 0.924. The van der Waals surface area contributed by atoms with E-state index in [1.54, 1.807) is 36.4 Å². The first-order valence-electron chi connectivity index (χ1n) is 12.5. The fraction of sp³-hybridized carbons (Fsp3) is 0.500. The van der Waals surface area contributed by atoms with Crippen LogP contribution in [0.2, 0.25) is 0 Å². The molecular formula is C26H35N3O5S2. The van der Waals surface area contributed by atoms with Gasteiger partial charge in [0.15, 0.2) is 5.78 Å². The molecule has 2 aliphatic heterocycles. The highest BCUT2D eigenvalue weighted by Gasteiger charge is 2.29. The summed E-state index contributed by atoms with van der Waals surface area (Å²) >= 11 is 0. The Morgan fingerprint density at radius 1 is 0.778 bits per heavy atom. The van der Waals surface area contributed by atoms with Crippen molar-refractivity contribution in [3.8, 4) is 0 Å². The zero-order valence-corrected chi connectivity index (χ0v) is 22.5. The number of sulfonamides is 2.